The van der Waals surface area contributed by atoms with E-state index in [4.69, 9.17) is 9.47 Å². The topological polar surface area (TPSA) is 61.6 Å². The third kappa shape index (κ3) is 3.94. The highest BCUT2D eigenvalue weighted by Gasteiger charge is 2.20. The zero-order valence-corrected chi connectivity index (χ0v) is 11.8. The summed E-state index contributed by atoms with van der Waals surface area (Å²) in [4.78, 5) is 9.77. The maximum Gasteiger partial charge on any atom is 0.235 e. The first-order valence-corrected chi connectivity index (χ1v) is 6.25. The van der Waals surface area contributed by atoms with Gasteiger partial charge in [-0.25, -0.2) is 4.39 Å². The first kappa shape index (κ1) is 15.9. The molecule has 1 aromatic carbocycles. The van der Waals surface area contributed by atoms with Gasteiger partial charge in [0.15, 0.2) is 0 Å². The molecule has 0 saturated heterocycles. The van der Waals surface area contributed by atoms with Crippen LogP contribution in [0.3, 0.4) is 0 Å². The average molecular weight is 283 g/mol. The van der Waals surface area contributed by atoms with Gasteiger partial charge in [0.1, 0.15) is 17.7 Å². The summed E-state index contributed by atoms with van der Waals surface area (Å²) in [5, 5.41) is 10.3. The molecule has 0 aromatic heterocycles. The molecule has 0 radical (unpaired) electrons. The van der Waals surface area contributed by atoms with Crippen molar-refractivity contribution < 1.29 is 18.8 Å². The van der Waals surface area contributed by atoms with Gasteiger partial charge in [-0.15, -0.1) is 0 Å². The van der Waals surface area contributed by atoms with E-state index in [2.05, 4.69) is 0 Å². The Kier molecular flexibility index (Phi) is 5.96. The Hall–Kier alpha value is -2.11. The highest BCUT2D eigenvalue weighted by atomic mass is 19.1. The summed E-state index contributed by atoms with van der Waals surface area (Å²) in [6, 6.07) is 3.11. The summed E-state index contributed by atoms with van der Waals surface area (Å²) in [5.74, 6) is 0.654. The standard InChI is InChI=1S/C14H18FNO4/c1-4-5-11(15)14-12(19-2)8-10(6-7-16(17)18)9-13(14)20-3/h6-9,11H,4-5H2,1-3H3/b7-6+. The minimum atomic E-state index is -1.20. The van der Waals surface area contributed by atoms with E-state index in [1.165, 1.54) is 20.3 Å². The van der Waals surface area contributed by atoms with Crippen LogP contribution in [0.4, 0.5) is 4.39 Å². The van der Waals surface area contributed by atoms with Crippen molar-refractivity contribution in [3.8, 4) is 11.5 Å². The molecule has 0 saturated carbocycles. The van der Waals surface area contributed by atoms with Gasteiger partial charge < -0.3 is 9.47 Å². The van der Waals surface area contributed by atoms with Gasteiger partial charge in [0.2, 0.25) is 6.20 Å². The Morgan fingerprint density at radius 1 is 1.35 bits per heavy atom. The molecule has 20 heavy (non-hydrogen) atoms. The summed E-state index contributed by atoms with van der Waals surface area (Å²) in [7, 11) is 2.86. The first-order chi connectivity index (χ1) is 9.53. The summed E-state index contributed by atoms with van der Waals surface area (Å²) in [6.45, 7) is 1.89. The molecule has 0 bridgehead atoms. The molecule has 110 valence electrons. The number of benzene rings is 1. The van der Waals surface area contributed by atoms with E-state index in [0.29, 0.717) is 35.5 Å². The smallest absolute Gasteiger partial charge is 0.235 e. The third-order valence-corrected chi connectivity index (χ3v) is 2.81. The van der Waals surface area contributed by atoms with Crippen molar-refractivity contribution in [2.24, 2.45) is 0 Å². The Balaban J connectivity index is 3.27. The van der Waals surface area contributed by atoms with Gasteiger partial charge in [0.05, 0.1) is 24.7 Å². The number of hydrogen-bond donors (Lipinski definition) is 0. The fourth-order valence-corrected chi connectivity index (χ4v) is 1.91. The maximum absolute atomic E-state index is 14.2. The van der Waals surface area contributed by atoms with Crippen molar-refractivity contribution in [1.29, 1.82) is 0 Å². The number of nitro groups is 1. The summed E-state index contributed by atoms with van der Waals surface area (Å²) >= 11 is 0. The lowest BCUT2D eigenvalue weighted by atomic mass is 10.0. The van der Waals surface area contributed by atoms with E-state index in [-0.39, 0.29) is 0 Å². The number of hydrogen-bond acceptors (Lipinski definition) is 4. The fourth-order valence-electron chi connectivity index (χ4n) is 1.91. The van der Waals surface area contributed by atoms with Crippen molar-refractivity contribution >= 4 is 6.08 Å². The van der Waals surface area contributed by atoms with Gasteiger partial charge in [-0.2, -0.15) is 0 Å². The SMILES string of the molecule is CCCC(F)c1c(OC)cc(/C=C/[N+](=O)[O-])cc1OC. The zero-order chi connectivity index (χ0) is 15.1. The van der Waals surface area contributed by atoms with Gasteiger partial charge in [-0.1, -0.05) is 13.3 Å². The van der Waals surface area contributed by atoms with Crippen LogP contribution in [0.25, 0.3) is 6.08 Å². The second kappa shape index (κ2) is 7.47. The van der Waals surface area contributed by atoms with E-state index < -0.39 is 11.1 Å². The maximum atomic E-state index is 14.2. The summed E-state index contributed by atoms with van der Waals surface area (Å²) < 4.78 is 24.5. The highest BCUT2D eigenvalue weighted by Crippen LogP contribution is 2.39. The van der Waals surface area contributed by atoms with E-state index in [9.17, 15) is 14.5 Å². The van der Waals surface area contributed by atoms with Crippen LogP contribution >= 0.6 is 0 Å². The summed E-state index contributed by atoms with van der Waals surface area (Å²) in [6.07, 6.45) is 1.97. The molecule has 0 heterocycles. The quantitative estimate of drug-likeness (QED) is 0.564. The van der Waals surface area contributed by atoms with Crippen LogP contribution in [0.1, 0.15) is 37.1 Å². The van der Waals surface area contributed by atoms with E-state index >= 15 is 0 Å². The Morgan fingerprint density at radius 3 is 2.30 bits per heavy atom. The Bertz CT molecular complexity index is 477. The van der Waals surface area contributed by atoms with Crippen molar-refractivity contribution in [3.63, 3.8) is 0 Å². The van der Waals surface area contributed by atoms with Gasteiger partial charge in [-0.3, -0.25) is 10.1 Å². The predicted octanol–water partition coefficient (Wildman–Crippen LogP) is 3.76. The second-order valence-electron chi connectivity index (χ2n) is 4.20. The molecule has 0 fully saturated rings. The van der Waals surface area contributed by atoms with Gasteiger partial charge in [0.25, 0.3) is 0 Å². The number of rotatable bonds is 7. The van der Waals surface area contributed by atoms with Crippen LogP contribution in [-0.4, -0.2) is 19.1 Å². The van der Waals surface area contributed by atoms with Gasteiger partial charge >= 0.3 is 0 Å². The molecule has 1 aromatic rings. The minimum absolute atomic E-state index is 0.327. The van der Waals surface area contributed by atoms with Crippen molar-refractivity contribution in [3.05, 3.63) is 39.6 Å². The molecule has 0 aliphatic carbocycles. The lowest BCUT2D eigenvalue weighted by Gasteiger charge is -2.17. The van der Waals surface area contributed by atoms with Gasteiger partial charge in [0, 0.05) is 6.08 Å². The molecule has 0 amide bonds. The number of alkyl halides is 1. The van der Waals surface area contributed by atoms with E-state index in [0.717, 1.165) is 6.20 Å². The molecule has 1 atom stereocenters. The number of methoxy groups -OCH3 is 2. The molecular formula is C14H18FNO4. The number of halogens is 1. The predicted molar refractivity (Wildman–Crippen MR) is 74.3 cm³/mol. The lowest BCUT2D eigenvalue weighted by Crippen LogP contribution is -2.01. The molecule has 6 heteroatoms. The first-order valence-electron chi connectivity index (χ1n) is 6.25. The zero-order valence-electron chi connectivity index (χ0n) is 11.8. The molecule has 1 rings (SSSR count). The Morgan fingerprint density at radius 2 is 1.90 bits per heavy atom. The van der Waals surface area contributed by atoms with Crippen LogP contribution in [-0.2, 0) is 0 Å². The van der Waals surface area contributed by atoms with Crippen molar-refractivity contribution in [1.82, 2.24) is 0 Å². The molecule has 0 N–H and O–H groups in total. The summed E-state index contributed by atoms with van der Waals surface area (Å²) in [5.41, 5.74) is 0.859. The third-order valence-electron chi connectivity index (χ3n) is 2.81. The monoisotopic (exact) mass is 283 g/mol. The van der Waals surface area contributed by atoms with Crippen LogP contribution in [0, 0.1) is 10.1 Å². The van der Waals surface area contributed by atoms with Crippen molar-refractivity contribution in [2.45, 2.75) is 25.9 Å². The van der Waals surface area contributed by atoms with E-state index in [1.807, 2.05) is 6.92 Å². The van der Waals surface area contributed by atoms with Crippen LogP contribution in [0.2, 0.25) is 0 Å². The fraction of sp³-hybridized carbons (Fsp3) is 0.429. The normalized spacial score (nSPS) is 12.4. The lowest BCUT2D eigenvalue weighted by molar-refractivity contribution is -0.400. The van der Waals surface area contributed by atoms with E-state index in [1.54, 1.807) is 12.1 Å². The second-order valence-corrected chi connectivity index (χ2v) is 4.20. The average Bonchev–Trinajstić information content (AvgIpc) is 2.43. The molecular weight excluding hydrogens is 265 g/mol. The van der Waals surface area contributed by atoms with Crippen LogP contribution in [0.15, 0.2) is 18.3 Å². The van der Waals surface area contributed by atoms with Gasteiger partial charge in [-0.05, 0) is 24.1 Å². The molecule has 5 nitrogen and oxygen atoms in total. The molecule has 0 spiro atoms. The number of ether oxygens (including phenoxy) is 2. The number of nitrogens with zero attached hydrogens (tertiary/aromatic N) is 1. The Labute approximate surface area is 117 Å². The largest absolute Gasteiger partial charge is 0.496 e. The molecule has 0 aliphatic heterocycles. The molecule has 1 unspecified atom stereocenters. The molecule has 0 aliphatic rings. The van der Waals surface area contributed by atoms with Crippen LogP contribution < -0.4 is 9.47 Å². The van der Waals surface area contributed by atoms with Crippen molar-refractivity contribution in [2.75, 3.05) is 14.2 Å². The highest BCUT2D eigenvalue weighted by molar-refractivity contribution is 5.59. The minimum Gasteiger partial charge on any atom is -0.496 e. The van der Waals surface area contributed by atoms with Crippen LogP contribution in [0.5, 0.6) is 11.5 Å².